The van der Waals surface area contributed by atoms with E-state index in [1.165, 1.54) is 0 Å². The van der Waals surface area contributed by atoms with Crippen molar-refractivity contribution in [3.8, 4) is 6.07 Å². The van der Waals surface area contributed by atoms with Crippen molar-refractivity contribution in [2.24, 2.45) is 0 Å². The van der Waals surface area contributed by atoms with Crippen molar-refractivity contribution in [1.82, 2.24) is 5.32 Å². The summed E-state index contributed by atoms with van der Waals surface area (Å²) in [7, 11) is 0. The fourth-order valence-corrected chi connectivity index (χ4v) is 0.760. The van der Waals surface area contributed by atoms with Gasteiger partial charge in [-0.05, 0) is 19.9 Å². The molecule has 0 radical (unpaired) electrons. The number of nitrogens with zero attached hydrogens (tertiary/aromatic N) is 1. The van der Waals surface area contributed by atoms with E-state index in [0.717, 1.165) is 13.0 Å². The zero-order chi connectivity index (χ0) is 9.40. The van der Waals surface area contributed by atoms with Crippen molar-refractivity contribution >= 4 is 0 Å². The molecule has 0 fully saturated rings. The molecular weight excluding hydrogens is 152 g/mol. The van der Waals surface area contributed by atoms with Crippen LogP contribution >= 0.6 is 0 Å². The van der Waals surface area contributed by atoms with Gasteiger partial charge in [0.2, 0.25) is 0 Å². The molecule has 12 heavy (non-hydrogen) atoms. The van der Waals surface area contributed by atoms with Crippen LogP contribution in [0, 0.1) is 11.3 Å². The average Bonchev–Trinajstić information content (AvgIpc) is 2.03. The van der Waals surface area contributed by atoms with Gasteiger partial charge in [-0.15, -0.1) is 0 Å². The first-order chi connectivity index (χ1) is 5.66. The Kier molecular flexibility index (Phi) is 6.73. The van der Waals surface area contributed by atoms with Gasteiger partial charge in [0.1, 0.15) is 6.10 Å². The average molecular weight is 170 g/mol. The molecule has 0 aliphatic heterocycles. The summed E-state index contributed by atoms with van der Waals surface area (Å²) in [5.74, 6) is 0. The minimum absolute atomic E-state index is 0.274. The Balaban J connectivity index is 3.07. The van der Waals surface area contributed by atoms with E-state index in [2.05, 4.69) is 19.2 Å². The molecule has 1 N–H and O–H groups in total. The summed E-state index contributed by atoms with van der Waals surface area (Å²) in [6, 6.07) is 2.55. The zero-order valence-electron chi connectivity index (χ0n) is 8.13. The van der Waals surface area contributed by atoms with E-state index >= 15 is 0 Å². The van der Waals surface area contributed by atoms with Crippen LogP contribution in [0.25, 0.3) is 0 Å². The van der Waals surface area contributed by atoms with Crippen molar-refractivity contribution in [3.05, 3.63) is 0 Å². The highest BCUT2D eigenvalue weighted by Gasteiger charge is 1.97. The largest absolute Gasteiger partial charge is 0.364 e. The third-order valence-electron chi connectivity index (χ3n) is 1.42. The molecule has 70 valence electrons. The van der Waals surface area contributed by atoms with Crippen molar-refractivity contribution in [2.45, 2.75) is 39.3 Å². The quantitative estimate of drug-likeness (QED) is 0.611. The molecule has 0 rings (SSSR count). The highest BCUT2D eigenvalue weighted by Crippen LogP contribution is 1.89. The normalized spacial score (nSPS) is 12.9. The van der Waals surface area contributed by atoms with Gasteiger partial charge in [0.15, 0.2) is 0 Å². The van der Waals surface area contributed by atoms with Crippen LogP contribution < -0.4 is 5.32 Å². The molecule has 0 spiro atoms. The summed E-state index contributed by atoms with van der Waals surface area (Å²) < 4.78 is 5.17. The first-order valence-electron chi connectivity index (χ1n) is 4.41. The monoisotopic (exact) mass is 170 g/mol. The van der Waals surface area contributed by atoms with Crippen molar-refractivity contribution in [1.29, 1.82) is 5.26 Å². The van der Waals surface area contributed by atoms with Crippen molar-refractivity contribution < 1.29 is 4.74 Å². The minimum Gasteiger partial charge on any atom is -0.364 e. The fourth-order valence-electron chi connectivity index (χ4n) is 0.760. The lowest BCUT2D eigenvalue weighted by Crippen LogP contribution is -2.24. The maximum absolute atomic E-state index is 8.39. The Hall–Kier alpha value is -0.590. The lowest BCUT2D eigenvalue weighted by atomic mass is 10.3. The minimum atomic E-state index is -0.274. The second-order valence-electron chi connectivity index (χ2n) is 3.10. The summed E-state index contributed by atoms with van der Waals surface area (Å²) in [6.45, 7) is 7.59. The van der Waals surface area contributed by atoms with E-state index in [0.29, 0.717) is 12.6 Å². The molecule has 0 aromatic heterocycles. The van der Waals surface area contributed by atoms with Gasteiger partial charge in [-0.1, -0.05) is 13.8 Å². The van der Waals surface area contributed by atoms with E-state index in [9.17, 15) is 0 Å². The first kappa shape index (κ1) is 11.4. The molecule has 0 heterocycles. The Morgan fingerprint density at radius 2 is 2.08 bits per heavy atom. The van der Waals surface area contributed by atoms with Crippen molar-refractivity contribution in [2.75, 3.05) is 13.2 Å². The molecule has 0 aliphatic rings. The first-order valence-corrected chi connectivity index (χ1v) is 4.41. The molecule has 1 unspecified atom stereocenters. The molecule has 3 nitrogen and oxygen atoms in total. The van der Waals surface area contributed by atoms with Crippen LogP contribution in [0.4, 0.5) is 0 Å². The lowest BCUT2D eigenvalue weighted by molar-refractivity contribution is 0.0997. The van der Waals surface area contributed by atoms with E-state index in [1.807, 2.05) is 6.07 Å². The van der Waals surface area contributed by atoms with Crippen LogP contribution in [0.15, 0.2) is 0 Å². The summed E-state index contributed by atoms with van der Waals surface area (Å²) in [4.78, 5) is 0. The summed E-state index contributed by atoms with van der Waals surface area (Å²) >= 11 is 0. The van der Waals surface area contributed by atoms with E-state index in [1.54, 1.807) is 6.92 Å². The van der Waals surface area contributed by atoms with Crippen LogP contribution in [0.5, 0.6) is 0 Å². The predicted molar refractivity (Wildman–Crippen MR) is 48.8 cm³/mol. The standard InChI is InChI=1S/C9H18N2O/c1-8(2)11-5-4-6-12-9(3)7-10/h8-9,11H,4-6H2,1-3H3. The molecule has 1 atom stereocenters. The summed E-state index contributed by atoms with van der Waals surface area (Å²) in [5.41, 5.74) is 0. The SMILES string of the molecule is CC(C)NCCCOC(C)C#N. The van der Waals surface area contributed by atoms with E-state index in [4.69, 9.17) is 10.00 Å². The number of nitriles is 1. The molecular formula is C9H18N2O. The predicted octanol–water partition coefficient (Wildman–Crippen LogP) is 1.30. The van der Waals surface area contributed by atoms with E-state index in [-0.39, 0.29) is 6.10 Å². The van der Waals surface area contributed by atoms with Gasteiger partial charge >= 0.3 is 0 Å². The topological polar surface area (TPSA) is 45.0 Å². The van der Waals surface area contributed by atoms with Gasteiger partial charge in [-0.25, -0.2) is 0 Å². The molecule has 0 amide bonds. The van der Waals surface area contributed by atoms with Crippen LogP contribution in [0.3, 0.4) is 0 Å². The van der Waals surface area contributed by atoms with Gasteiger partial charge < -0.3 is 10.1 Å². The van der Waals surface area contributed by atoms with Gasteiger partial charge in [0.25, 0.3) is 0 Å². The molecule has 3 heteroatoms. The smallest absolute Gasteiger partial charge is 0.141 e. The second-order valence-corrected chi connectivity index (χ2v) is 3.10. The van der Waals surface area contributed by atoms with Crippen LogP contribution in [0.2, 0.25) is 0 Å². The third kappa shape index (κ3) is 7.52. The maximum atomic E-state index is 8.39. The highest BCUT2D eigenvalue weighted by molar-refractivity contribution is 4.78. The second kappa shape index (κ2) is 7.08. The maximum Gasteiger partial charge on any atom is 0.141 e. The molecule has 0 aromatic carbocycles. The lowest BCUT2D eigenvalue weighted by Gasteiger charge is -2.08. The highest BCUT2D eigenvalue weighted by atomic mass is 16.5. The molecule has 0 saturated heterocycles. The van der Waals surface area contributed by atoms with Gasteiger partial charge in [-0.2, -0.15) is 5.26 Å². The number of ether oxygens (including phenoxy) is 1. The summed E-state index contributed by atoms with van der Waals surface area (Å²) in [6.07, 6.45) is 0.688. The Morgan fingerprint density at radius 1 is 1.42 bits per heavy atom. The Bertz CT molecular complexity index is 140. The number of hydrogen-bond acceptors (Lipinski definition) is 3. The zero-order valence-corrected chi connectivity index (χ0v) is 8.13. The van der Waals surface area contributed by atoms with Crippen LogP contribution in [-0.2, 0) is 4.74 Å². The van der Waals surface area contributed by atoms with Crippen molar-refractivity contribution in [3.63, 3.8) is 0 Å². The molecule has 0 bridgehead atoms. The third-order valence-corrected chi connectivity index (χ3v) is 1.42. The number of hydrogen-bond donors (Lipinski definition) is 1. The van der Waals surface area contributed by atoms with Crippen LogP contribution in [0.1, 0.15) is 27.2 Å². The Morgan fingerprint density at radius 3 is 2.58 bits per heavy atom. The van der Waals surface area contributed by atoms with E-state index < -0.39 is 0 Å². The van der Waals surface area contributed by atoms with Gasteiger partial charge in [-0.3, -0.25) is 0 Å². The summed E-state index contributed by atoms with van der Waals surface area (Å²) in [5, 5.41) is 11.7. The number of nitrogens with one attached hydrogen (secondary N) is 1. The number of rotatable bonds is 6. The molecule has 0 aromatic rings. The Labute approximate surface area is 74.7 Å². The molecule has 0 saturated carbocycles. The van der Waals surface area contributed by atoms with Crippen LogP contribution in [-0.4, -0.2) is 25.3 Å². The fraction of sp³-hybridized carbons (Fsp3) is 0.889. The van der Waals surface area contributed by atoms with Gasteiger partial charge in [0.05, 0.1) is 6.07 Å². The van der Waals surface area contributed by atoms with Gasteiger partial charge in [0, 0.05) is 12.6 Å². The molecule has 0 aliphatic carbocycles.